The zero-order valence-electron chi connectivity index (χ0n) is 11.3. The van der Waals surface area contributed by atoms with E-state index in [1.54, 1.807) is 0 Å². The van der Waals surface area contributed by atoms with Crippen molar-refractivity contribution in [3.05, 3.63) is 0 Å². The van der Waals surface area contributed by atoms with Crippen LogP contribution in [0.4, 0.5) is 0 Å². The van der Waals surface area contributed by atoms with Crippen molar-refractivity contribution in [2.75, 3.05) is 0 Å². The molecule has 1 atom stereocenters. The van der Waals surface area contributed by atoms with Crippen molar-refractivity contribution >= 4 is 30.0 Å². The Kier molecular flexibility index (Phi) is 5.75. The number of carbonyl (C=O) groups excluding carboxylic acids is 1. The van der Waals surface area contributed by atoms with E-state index in [9.17, 15) is 4.79 Å². The van der Waals surface area contributed by atoms with Crippen molar-refractivity contribution in [3.63, 3.8) is 0 Å². The summed E-state index contributed by atoms with van der Waals surface area (Å²) in [4.78, 5) is 14.7. The Labute approximate surface area is 109 Å². The monoisotopic (exact) mass is 258 g/mol. The van der Waals surface area contributed by atoms with Crippen LogP contribution in [0, 0.1) is 0 Å². The normalized spacial score (nSPS) is 14.6. The lowest BCUT2D eigenvalue weighted by Crippen LogP contribution is -2.48. The van der Waals surface area contributed by atoms with Gasteiger partial charge >= 0.3 is 5.97 Å². The van der Waals surface area contributed by atoms with Gasteiger partial charge in [-0.15, -0.1) is 0 Å². The van der Waals surface area contributed by atoms with Crippen molar-refractivity contribution in [2.45, 2.75) is 58.6 Å². The summed E-state index contributed by atoms with van der Waals surface area (Å²) in [5, 5.41) is 3.44. The third-order valence-electron chi connectivity index (χ3n) is 2.54. The Morgan fingerprint density at radius 3 is 2.35 bits per heavy atom. The molecule has 1 N–H and O–H groups in total. The first-order valence-corrected chi connectivity index (χ1v) is 6.03. The van der Waals surface area contributed by atoms with Gasteiger partial charge in [-0.1, -0.05) is 6.92 Å². The largest absolute Gasteiger partial charge is 0.459 e. The van der Waals surface area contributed by atoms with E-state index in [4.69, 9.17) is 17.0 Å². The summed E-state index contributed by atoms with van der Waals surface area (Å²) in [5.41, 5.74) is -0.808. The molecule has 0 aromatic carbocycles. The highest BCUT2D eigenvalue weighted by molar-refractivity contribution is 7.80. The van der Waals surface area contributed by atoms with E-state index in [-0.39, 0.29) is 11.5 Å². The van der Waals surface area contributed by atoms with Gasteiger partial charge in [-0.05, 0) is 46.1 Å². The van der Waals surface area contributed by atoms with Gasteiger partial charge in [0.25, 0.3) is 0 Å². The number of hydrogen-bond acceptors (Lipinski definition) is 3. The van der Waals surface area contributed by atoms with Crippen LogP contribution in [-0.2, 0) is 9.53 Å². The fourth-order valence-electron chi connectivity index (χ4n) is 1.89. The van der Waals surface area contributed by atoms with Crippen molar-refractivity contribution in [1.82, 2.24) is 5.32 Å². The molecule has 0 aromatic rings. The molecule has 0 saturated carbocycles. The summed E-state index contributed by atoms with van der Waals surface area (Å²) in [6.45, 7) is 12.7. The number of nitrogens with zero attached hydrogens (tertiary/aromatic N) is 1. The van der Waals surface area contributed by atoms with Crippen LogP contribution in [0.2, 0.25) is 0 Å². The lowest BCUT2D eigenvalue weighted by molar-refractivity contribution is -0.157. The minimum atomic E-state index is -0.501. The topological polar surface area (TPSA) is 50.7 Å². The highest BCUT2D eigenvalue weighted by Crippen LogP contribution is 2.27. The molecule has 0 rings (SSSR count). The molecule has 5 heteroatoms. The summed E-state index contributed by atoms with van der Waals surface area (Å²) >= 11 is 4.97. The van der Waals surface area contributed by atoms with Crippen LogP contribution < -0.4 is 5.32 Å². The maximum atomic E-state index is 11.1. The number of rotatable bonds is 5. The Morgan fingerprint density at radius 1 is 1.47 bits per heavy atom. The summed E-state index contributed by atoms with van der Waals surface area (Å²) in [7, 11) is 0. The van der Waals surface area contributed by atoms with Gasteiger partial charge in [-0.3, -0.25) is 4.79 Å². The van der Waals surface area contributed by atoms with Crippen LogP contribution in [0.15, 0.2) is 4.99 Å². The quantitative estimate of drug-likeness (QED) is 0.467. The number of nitrogens with one attached hydrogen (secondary N) is 1. The fraction of sp³-hybridized carbons (Fsp3) is 0.750. The average molecular weight is 258 g/mol. The predicted octanol–water partition coefficient (Wildman–Crippen LogP) is 2.46. The molecule has 0 aliphatic carbocycles. The van der Waals surface area contributed by atoms with Gasteiger partial charge in [0, 0.05) is 18.9 Å². The Balaban J connectivity index is 4.69. The van der Waals surface area contributed by atoms with E-state index >= 15 is 0 Å². The van der Waals surface area contributed by atoms with Crippen LogP contribution >= 0.6 is 12.2 Å². The Hall–Kier alpha value is -0.970. The van der Waals surface area contributed by atoms with Crippen LogP contribution in [0.25, 0.3) is 0 Å². The SMILES string of the molecule is C=NC(=S)NC(C)(C)CC(C)(CC)OC(C)=O. The third kappa shape index (κ3) is 6.36. The standard InChI is InChI=1S/C12H22N2O2S/c1-7-12(5,16-9(2)15)8-11(3,4)14-10(17)13-6/h6-8H2,1-5H3,(H,14,17). The summed E-state index contributed by atoms with van der Waals surface area (Å²) in [6, 6.07) is 0. The van der Waals surface area contributed by atoms with Crippen LogP contribution in [-0.4, -0.2) is 28.9 Å². The maximum Gasteiger partial charge on any atom is 0.303 e. The summed E-state index contributed by atoms with van der Waals surface area (Å²) in [5.74, 6) is -0.269. The molecule has 17 heavy (non-hydrogen) atoms. The first-order chi connectivity index (χ1) is 7.64. The van der Waals surface area contributed by atoms with Gasteiger partial charge < -0.3 is 10.1 Å². The molecule has 0 spiro atoms. The lowest BCUT2D eigenvalue weighted by Gasteiger charge is -2.37. The third-order valence-corrected chi connectivity index (χ3v) is 2.77. The second-order valence-corrected chi connectivity index (χ2v) is 5.43. The van der Waals surface area contributed by atoms with Gasteiger partial charge in [-0.2, -0.15) is 0 Å². The predicted molar refractivity (Wildman–Crippen MR) is 74.4 cm³/mol. The maximum absolute atomic E-state index is 11.1. The minimum absolute atomic E-state index is 0.269. The smallest absolute Gasteiger partial charge is 0.303 e. The molecule has 0 saturated heterocycles. The number of ether oxygens (including phenoxy) is 1. The first kappa shape index (κ1) is 16.0. The molecule has 0 heterocycles. The molecule has 0 aromatic heterocycles. The first-order valence-electron chi connectivity index (χ1n) is 5.62. The second kappa shape index (κ2) is 6.10. The molecule has 0 aliphatic heterocycles. The molecular weight excluding hydrogens is 236 g/mol. The van der Waals surface area contributed by atoms with Crippen LogP contribution in [0.3, 0.4) is 0 Å². The number of thiocarbonyl (C=S) groups is 1. The number of aliphatic imine (C=N–C) groups is 1. The number of carbonyl (C=O) groups is 1. The number of esters is 1. The molecule has 0 bridgehead atoms. The Bertz CT molecular complexity index is 316. The minimum Gasteiger partial charge on any atom is -0.459 e. The van der Waals surface area contributed by atoms with E-state index < -0.39 is 5.60 Å². The highest BCUT2D eigenvalue weighted by atomic mass is 32.1. The molecule has 0 radical (unpaired) electrons. The number of hydrogen-bond donors (Lipinski definition) is 1. The molecule has 98 valence electrons. The zero-order valence-corrected chi connectivity index (χ0v) is 12.1. The van der Waals surface area contributed by atoms with Gasteiger partial charge in [0.2, 0.25) is 0 Å². The lowest BCUT2D eigenvalue weighted by atomic mass is 9.86. The molecule has 1 unspecified atom stereocenters. The van der Waals surface area contributed by atoms with E-state index in [0.29, 0.717) is 11.5 Å². The van der Waals surface area contributed by atoms with E-state index in [1.165, 1.54) is 6.92 Å². The fourth-order valence-corrected chi connectivity index (χ4v) is 2.16. The summed E-state index contributed by atoms with van der Waals surface area (Å²) in [6.07, 6.45) is 1.39. The van der Waals surface area contributed by atoms with Crippen molar-refractivity contribution in [3.8, 4) is 0 Å². The zero-order chi connectivity index (χ0) is 13.7. The average Bonchev–Trinajstić information content (AvgIpc) is 2.14. The van der Waals surface area contributed by atoms with Crippen molar-refractivity contribution in [1.29, 1.82) is 0 Å². The van der Waals surface area contributed by atoms with Crippen LogP contribution in [0.1, 0.15) is 47.5 Å². The molecule has 4 nitrogen and oxygen atoms in total. The van der Waals surface area contributed by atoms with Gasteiger partial charge in [0.1, 0.15) is 5.60 Å². The Morgan fingerprint density at radius 2 is 2.00 bits per heavy atom. The molecular formula is C12H22N2O2S. The van der Waals surface area contributed by atoms with Gasteiger partial charge in [0.15, 0.2) is 5.11 Å². The van der Waals surface area contributed by atoms with Crippen molar-refractivity contribution in [2.24, 2.45) is 4.99 Å². The van der Waals surface area contributed by atoms with Crippen LogP contribution in [0.5, 0.6) is 0 Å². The molecule has 0 aliphatic rings. The highest BCUT2D eigenvalue weighted by Gasteiger charge is 2.34. The summed E-state index contributed by atoms with van der Waals surface area (Å²) < 4.78 is 5.37. The molecule has 0 amide bonds. The van der Waals surface area contributed by atoms with Gasteiger partial charge in [-0.25, -0.2) is 4.99 Å². The van der Waals surface area contributed by atoms with E-state index in [1.807, 2.05) is 27.7 Å². The second-order valence-electron chi connectivity index (χ2n) is 5.05. The van der Waals surface area contributed by atoms with Crippen molar-refractivity contribution < 1.29 is 9.53 Å². The van der Waals surface area contributed by atoms with Gasteiger partial charge in [0.05, 0.1) is 0 Å². The van der Waals surface area contributed by atoms with E-state index in [2.05, 4.69) is 17.0 Å². The van der Waals surface area contributed by atoms with E-state index in [0.717, 1.165) is 6.42 Å². The molecule has 0 fully saturated rings.